The first-order chi connectivity index (χ1) is 5.77. The molecule has 0 aromatic carbocycles. The zero-order valence-corrected chi connectivity index (χ0v) is 6.91. The van der Waals surface area contributed by atoms with Crippen LogP contribution in [-0.2, 0) is 0 Å². The molecule has 3 nitrogen and oxygen atoms in total. The van der Waals surface area contributed by atoms with E-state index in [1.54, 1.807) is 6.20 Å². The molecule has 1 aromatic heterocycles. The summed E-state index contributed by atoms with van der Waals surface area (Å²) in [5, 5.41) is 0. The SMILES string of the molecule is C#CC(NN)c1ccnc(C)c1. The number of hydrazine groups is 1. The van der Waals surface area contributed by atoms with Crippen molar-refractivity contribution in [2.24, 2.45) is 5.84 Å². The molecule has 1 heterocycles. The van der Waals surface area contributed by atoms with Gasteiger partial charge in [0.05, 0.1) is 0 Å². The first kappa shape index (κ1) is 8.72. The van der Waals surface area contributed by atoms with E-state index in [2.05, 4.69) is 16.3 Å². The van der Waals surface area contributed by atoms with Gasteiger partial charge < -0.3 is 0 Å². The third kappa shape index (κ3) is 1.82. The second-order valence-corrected chi connectivity index (χ2v) is 2.50. The molecule has 0 aliphatic carbocycles. The van der Waals surface area contributed by atoms with E-state index in [-0.39, 0.29) is 6.04 Å². The Bertz CT molecular complexity index is 301. The van der Waals surface area contributed by atoms with Gasteiger partial charge in [-0.05, 0) is 24.6 Å². The highest BCUT2D eigenvalue weighted by Crippen LogP contribution is 2.10. The molecule has 1 rings (SSSR count). The van der Waals surface area contributed by atoms with Crippen LogP contribution in [0.2, 0.25) is 0 Å². The van der Waals surface area contributed by atoms with Crippen LogP contribution in [0.3, 0.4) is 0 Å². The van der Waals surface area contributed by atoms with Crippen molar-refractivity contribution in [3.63, 3.8) is 0 Å². The van der Waals surface area contributed by atoms with Crippen LogP contribution < -0.4 is 11.3 Å². The van der Waals surface area contributed by atoms with Gasteiger partial charge in [-0.1, -0.05) is 5.92 Å². The van der Waals surface area contributed by atoms with E-state index >= 15 is 0 Å². The van der Waals surface area contributed by atoms with Crippen LogP contribution >= 0.6 is 0 Å². The van der Waals surface area contributed by atoms with Crippen LogP contribution in [0.1, 0.15) is 17.3 Å². The van der Waals surface area contributed by atoms with Crippen molar-refractivity contribution in [1.29, 1.82) is 0 Å². The van der Waals surface area contributed by atoms with Gasteiger partial charge in [0, 0.05) is 11.9 Å². The molecule has 0 amide bonds. The van der Waals surface area contributed by atoms with Gasteiger partial charge in [0.15, 0.2) is 0 Å². The Labute approximate surface area is 72.0 Å². The number of hydrogen-bond acceptors (Lipinski definition) is 3. The van der Waals surface area contributed by atoms with Crippen LogP contribution in [0.4, 0.5) is 0 Å². The number of nitrogens with one attached hydrogen (secondary N) is 1. The zero-order chi connectivity index (χ0) is 8.97. The van der Waals surface area contributed by atoms with E-state index in [0.717, 1.165) is 11.3 Å². The third-order valence-corrected chi connectivity index (χ3v) is 1.59. The molecule has 12 heavy (non-hydrogen) atoms. The summed E-state index contributed by atoms with van der Waals surface area (Å²) in [6, 6.07) is 3.52. The molecule has 0 aliphatic rings. The van der Waals surface area contributed by atoms with Crippen LogP contribution in [0.25, 0.3) is 0 Å². The van der Waals surface area contributed by atoms with Gasteiger partial charge in [0.2, 0.25) is 0 Å². The number of terminal acetylenes is 1. The molecule has 0 spiro atoms. The normalized spacial score (nSPS) is 12.1. The van der Waals surface area contributed by atoms with Gasteiger partial charge in [-0.25, -0.2) is 5.43 Å². The number of hydrogen-bond donors (Lipinski definition) is 2. The van der Waals surface area contributed by atoms with E-state index in [9.17, 15) is 0 Å². The number of aromatic nitrogens is 1. The number of aryl methyl sites for hydroxylation is 1. The van der Waals surface area contributed by atoms with Gasteiger partial charge in [-0.2, -0.15) is 0 Å². The Kier molecular flexibility index (Phi) is 2.81. The molecule has 0 aliphatic heterocycles. The zero-order valence-electron chi connectivity index (χ0n) is 6.91. The lowest BCUT2D eigenvalue weighted by Gasteiger charge is -2.08. The molecule has 0 saturated heterocycles. The summed E-state index contributed by atoms with van der Waals surface area (Å²) in [6.07, 6.45) is 6.97. The Hall–Kier alpha value is -1.37. The standard InChI is InChI=1S/C9H11N3/c1-3-9(12-10)8-4-5-11-7(2)6-8/h1,4-6,9,12H,10H2,2H3. The molecule has 1 atom stereocenters. The smallest absolute Gasteiger partial charge is 0.107 e. The Morgan fingerprint density at radius 2 is 2.50 bits per heavy atom. The molecule has 0 radical (unpaired) electrons. The average Bonchev–Trinajstić information content (AvgIpc) is 2.07. The number of nitrogens with two attached hydrogens (primary N) is 1. The molecule has 3 heteroatoms. The van der Waals surface area contributed by atoms with Crippen LogP contribution in [0, 0.1) is 19.3 Å². The summed E-state index contributed by atoms with van der Waals surface area (Å²) in [4.78, 5) is 4.05. The van der Waals surface area contributed by atoms with Crippen molar-refractivity contribution in [2.75, 3.05) is 0 Å². The lowest BCUT2D eigenvalue weighted by molar-refractivity contribution is 0.672. The van der Waals surface area contributed by atoms with Crippen molar-refractivity contribution in [1.82, 2.24) is 10.4 Å². The molecular weight excluding hydrogens is 150 g/mol. The number of pyridine rings is 1. The van der Waals surface area contributed by atoms with Gasteiger partial charge in [0.25, 0.3) is 0 Å². The van der Waals surface area contributed by atoms with Gasteiger partial charge in [0.1, 0.15) is 6.04 Å². The molecule has 3 N–H and O–H groups in total. The maximum absolute atomic E-state index is 5.25. The summed E-state index contributed by atoms with van der Waals surface area (Å²) in [6.45, 7) is 1.91. The topological polar surface area (TPSA) is 50.9 Å². The van der Waals surface area contributed by atoms with Crippen molar-refractivity contribution in [2.45, 2.75) is 13.0 Å². The van der Waals surface area contributed by atoms with Crippen molar-refractivity contribution < 1.29 is 0 Å². The average molecular weight is 161 g/mol. The predicted molar refractivity (Wildman–Crippen MR) is 47.9 cm³/mol. The van der Waals surface area contributed by atoms with E-state index < -0.39 is 0 Å². The lowest BCUT2D eigenvalue weighted by atomic mass is 10.1. The molecule has 0 fully saturated rings. The summed E-state index contributed by atoms with van der Waals surface area (Å²) in [5.41, 5.74) is 4.43. The van der Waals surface area contributed by atoms with E-state index in [4.69, 9.17) is 12.3 Å². The molecule has 1 unspecified atom stereocenters. The van der Waals surface area contributed by atoms with E-state index in [1.807, 2.05) is 19.1 Å². The summed E-state index contributed by atoms with van der Waals surface area (Å²) >= 11 is 0. The third-order valence-electron chi connectivity index (χ3n) is 1.59. The van der Waals surface area contributed by atoms with Gasteiger partial charge >= 0.3 is 0 Å². The quantitative estimate of drug-likeness (QED) is 0.378. The highest BCUT2D eigenvalue weighted by molar-refractivity contribution is 5.25. The maximum Gasteiger partial charge on any atom is 0.107 e. The van der Waals surface area contributed by atoms with E-state index in [1.165, 1.54) is 0 Å². The molecule has 1 aromatic rings. The summed E-state index contributed by atoms with van der Waals surface area (Å²) in [7, 11) is 0. The monoisotopic (exact) mass is 161 g/mol. The minimum atomic E-state index is -0.230. The fraction of sp³-hybridized carbons (Fsp3) is 0.222. The maximum atomic E-state index is 5.25. The van der Waals surface area contributed by atoms with Crippen molar-refractivity contribution in [3.8, 4) is 12.3 Å². The van der Waals surface area contributed by atoms with Gasteiger partial charge in [-0.15, -0.1) is 6.42 Å². The van der Waals surface area contributed by atoms with E-state index in [0.29, 0.717) is 0 Å². The Morgan fingerprint density at radius 1 is 1.75 bits per heavy atom. The molecular formula is C9H11N3. The van der Waals surface area contributed by atoms with Crippen LogP contribution in [0.5, 0.6) is 0 Å². The largest absolute Gasteiger partial charge is 0.270 e. The second-order valence-electron chi connectivity index (χ2n) is 2.50. The highest BCUT2D eigenvalue weighted by atomic mass is 15.2. The predicted octanol–water partition coefficient (Wildman–Crippen LogP) is 0.528. The number of nitrogens with zero attached hydrogens (tertiary/aromatic N) is 1. The molecule has 0 saturated carbocycles. The summed E-state index contributed by atoms with van der Waals surface area (Å²) < 4.78 is 0. The minimum Gasteiger partial charge on any atom is -0.270 e. The number of rotatable bonds is 2. The van der Waals surface area contributed by atoms with Crippen LogP contribution in [-0.4, -0.2) is 4.98 Å². The summed E-state index contributed by atoms with van der Waals surface area (Å²) in [5.74, 6) is 7.78. The minimum absolute atomic E-state index is 0.230. The van der Waals surface area contributed by atoms with Crippen LogP contribution in [0.15, 0.2) is 18.3 Å². The fourth-order valence-corrected chi connectivity index (χ4v) is 0.988. The van der Waals surface area contributed by atoms with Crippen molar-refractivity contribution in [3.05, 3.63) is 29.6 Å². The Balaban J connectivity index is 2.95. The van der Waals surface area contributed by atoms with Gasteiger partial charge in [-0.3, -0.25) is 10.8 Å². The first-order valence-corrected chi connectivity index (χ1v) is 3.62. The Morgan fingerprint density at radius 3 is 3.00 bits per heavy atom. The lowest BCUT2D eigenvalue weighted by Crippen LogP contribution is -2.26. The first-order valence-electron chi connectivity index (χ1n) is 3.62. The highest BCUT2D eigenvalue weighted by Gasteiger charge is 2.04. The molecule has 62 valence electrons. The fourth-order valence-electron chi connectivity index (χ4n) is 0.988. The van der Waals surface area contributed by atoms with Crippen molar-refractivity contribution >= 4 is 0 Å². The second kappa shape index (κ2) is 3.86. The molecule has 0 bridgehead atoms.